The van der Waals surface area contributed by atoms with Crippen molar-refractivity contribution in [3.05, 3.63) is 11.3 Å². The van der Waals surface area contributed by atoms with E-state index in [1.54, 1.807) is 9.58 Å². The topological polar surface area (TPSA) is 79.3 Å². The van der Waals surface area contributed by atoms with Crippen LogP contribution in [0, 0.1) is 6.92 Å². The van der Waals surface area contributed by atoms with Crippen LogP contribution < -0.4 is 15.5 Å². The zero-order valence-corrected chi connectivity index (χ0v) is 12.2. The molecular weight excluding hydrogens is 258 g/mol. The molecule has 2 rings (SSSR count). The molecule has 0 unspecified atom stereocenters. The van der Waals surface area contributed by atoms with E-state index in [4.69, 9.17) is 0 Å². The molecule has 1 aliphatic rings. The predicted octanol–water partition coefficient (Wildman–Crippen LogP) is -0.309. The van der Waals surface area contributed by atoms with Gasteiger partial charge >= 0.3 is 0 Å². The van der Waals surface area contributed by atoms with Crippen molar-refractivity contribution in [2.24, 2.45) is 7.05 Å². The Balaban J connectivity index is 2.25. The number of carbonyl (C=O) groups excluding carboxylic acids is 2. The molecule has 2 N–H and O–H groups in total. The highest BCUT2D eigenvalue weighted by Gasteiger charge is 2.27. The first kappa shape index (κ1) is 14.5. The molecule has 7 nitrogen and oxygen atoms in total. The summed E-state index contributed by atoms with van der Waals surface area (Å²) in [6, 6.07) is 0. The summed E-state index contributed by atoms with van der Waals surface area (Å²) in [4.78, 5) is 24.8. The summed E-state index contributed by atoms with van der Waals surface area (Å²) in [5, 5.41) is 10.1. The summed E-state index contributed by atoms with van der Waals surface area (Å²) in [7, 11) is 1.84. The second-order valence-corrected chi connectivity index (χ2v) is 5.02. The lowest BCUT2D eigenvalue weighted by atomic mass is 10.2. The average molecular weight is 279 g/mol. The summed E-state index contributed by atoms with van der Waals surface area (Å²) in [5.74, 6) is 0.300. The van der Waals surface area contributed by atoms with Gasteiger partial charge < -0.3 is 10.2 Å². The van der Waals surface area contributed by atoms with Crippen molar-refractivity contribution < 1.29 is 9.59 Å². The number of imide groups is 1. The van der Waals surface area contributed by atoms with Gasteiger partial charge in [-0.2, -0.15) is 5.10 Å². The van der Waals surface area contributed by atoms with Gasteiger partial charge in [0.2, 0.25) is 11.8 Å². The molecule has 1 aromatic heterocycles. The van der Waals surface area contributed by atoms with Gasteiger partial charge in [0.1, 0.15) is 5.82 Å². The molecule has 0 spiro atoms. The Bertz CT molecular complexity index is 507. The highest BCUT2D eigenvalue weighted by Crippen LogP contribution is 2.23. The van der Waals surface area contributed by atoms with Crippen molar-refractivity contribution >= 4 is 17.6 Å². The minimum atomic E-state index is -0.271. The molecule has 110 valence electrons. The smallest absolute Gasteiger partial charge is 0.246 e. The Morgan fingerprint density at radius 3 is 2.55 bits per heavy atom. The lowest BCUT2D eigenvalue weighted by Crippen LogP contribution is -2.52. The number of amides is 2. The monoisotopic (exact) mass is 279 g/mol. The van der Waals surface area contributed by atoms with Crippen molar-refractivity contribution in [3.63, 3.8) is 0 Å². The fourth-order valence-electron chi connectivity index (χ4n) is 2.47. The molecule has 0 aromatic carbocycles. The molecule has 0 radical (unpaired) electrons. The van der Waals surface area contributed by atoms with E-state index in [9.17, 15) is 9.59 Å². The maximum absolute atomic E-state index is 11.5. The van der Waals surface area contributed by atoms with Crippen molar-refractivity contribution in [2.75, 3.05) is 24.5 Å². The van der Waals surface area contributed by atoms with Gasteiger partial charge in [-0.15, -0.1) is 0 Å². The van der Waals surface area contributed by atoms with E-state index in [1.165, 1.54) is 0 Å². The molecule has 7 heteroatoms. The molecule has 1 fully saturated rings. The van der Waals surface area contributed by atoms with Crippen LogP contribution in [0.1, 0.15) is 24.6 Å². The van der Waals surface area contributed by atoms with Crippen molar-refractivity contribution in [1.29, 1.82) is 0 Å². The summed E-state index contributed by atoms with van der Waals surface area (Å²) >= 11 is 0. The van der Waals surface area contributed by atoms with E-state index in [0.717, 1.165) is 30.0 Å². The summed E-state index contributed by atoms with van der Waals surface area (Å²) < 4.78 is 1.74. The van der Waals surface area contributed by atoms with Crippen molar-refractivity contribution in [3.8, 4) is 0 Å². The minimum absolute atomic E-state index is 0.186. The van der Waals surface area contributed by atoms with E-state index in [2.05, 4.69) is 22.7 Å². The lowest BCUT2D eigenvalue weighted by molar-refractivity contribution is -0.130. The van der Waals surface area contributed by atoms with Crippen LogP contribution in [-0.2, 0) is 23.2 Å². The van der Waals surface area contributed by atoms with Gasteiger partial charge in [0.15, 0.2) is 0 Å². The van der Waals surface area contributed by atoms with E-state index < -0.39 is 0 Å². The Kier molecular flexibility index (Phi) is 4.39. The molecular formula is C13H21N5O2. The van der Waals surface area contributed by atoms with Gasteiger partial charge in [0, 0.05) is 19.2 Å². The van der Waals surface area contributed by atoms with E-state index in [0.29, 0.717) is 6.54 Å². The van der Waals surface area contributed by atoms with Crippen LogP contribution in [0.15, 0.2) is 0 Å². The Morgan fingerprint density at radius 2 is 1.95 bits per heavy atom. The van der Waals surface area contributed by atoms with Gasteiger partial charge in [-0.05, 0) is 19.9 Å². The van der Waals surface area contributed by atoms with Gasteiger partial charge in [0.25, 0.3) is 0 Å². The van der Waals surface area contributed by atoms with Gasteiger partial charge in [-0.25, -0.2) is 0 Å². The predicted molar refractivity (Wildman–Crippen MR) is 75.3 cm³/mol. The maximum Gasteiger partial charge on any atom is 0.246 e. The Hall–Kier alpha value is -1.89. The average Bonchev–Trinajstić information content (AvgIpc) is 2.63. The number of rotatable bonds is 5. The van der Waals surface area contributed by atoms with Gasteiger partial charge in [-0.1, -0.05) is 6.92 Å². The number of aromatic nitrogens is 2. The zero-order chi connectivity index (χ0) is 14.7. The van der Waals surface area contributed by atoms with Crippen molar-refractivity contribution in [1.82, 2.24) is 20.4 Å². The van der Waals surface area contributed by atoms with E-state index in [1.807, 2.05) is 14.0 Å². The number of hydrogen-bond acceptors (Lipinski definition) is 5. The molecule has 1 saturated heterocycles. The zero-order valence-electron chi connectivity index (χ0n) is 12.2. The molecule has 0 aliphatic carbocycles. The summed E-state index contributed by atoms with van der Waals surface area (Å²) in [6.07, 6.45) is 1.05. The third kappa shape index (κ3) is 2.98. The van der Waals surface area contributed by atoms with Crippen LogP contribution in [0.25, 0.3) is 0 Å². The summed E-state index contributed by atoms with van der Waals surface area (Å²) in [5.41, 5.74) is 1.97. The molecule has 0 bridgehead atoms. The number of piperazine rings is 1. The summed E-state index contributed by atoms with van der Waals surface area (Å²) in [6.45, 7) is 6.04. The highest BCUT2D eigenvalue weighted by molar-refractivity contribution is 6.02. The normalized spacial score (nSPS) is 15.7. The first-order valence-electron chi connectivity index (χ1n) is 6.83. The molecule has 2 heterocycles. The second kappa shape index (κ2) is 6.04. The van der Waals surface area contributed by atoms with E-state index in [-0.39, 0.29) is 24.9 Å². The first-order valence-corrected chi connectivity index (χ1v) is 6.83. The van der Waals surface area contributed by atoms with Gasteiger partial charge in [-0.3, -0.25) is 19.6 Å². The molecule has 1 aliphatic heterocycles. The quantitative estimate of drug-likeness (QED) is 0.571. The molecule has 0 atom stereocenters. The van der Waals surface area contributed by atoms with Crippen LogP contribution in [0.2, 0.25) is 0 Å². The molecule has 1 aromatic rings. The Labute approximate surface area is 118 Å². The van der Waals surface area contributed by atoms with Crippen LogP contribution in [0.4, 0.5) is 5.82 Å². The van der Waals surface area contributed by atoms with Crippen LogP contribution in [0.3, 0.4) is 0 Å². The fraction of sp³-hybridized carbons (Fsp3) is 0.615. The SMILES string of the molecule is CCCNCc1c(C)nn(C)c1N1CC(=O)NC(=O)C1. The van der Waals surface area contributed by atoms with Crippen LogP contribution in [0.5, 0.6) is 0 Å². The third-order valence-corrected chi connectivity index (χ3v) is 3.29. The van der Waals surface area contributed by atoms with Crippen LogP contribution >= 0.6 is 0 Å². The number of aryl methyl sites for hydroxylation is 2. The van der Waals surface area contributed by atoms with Crippen LogP contribution in [-0.4, -0.2) is 41.2 Å². The standard InChI is InChI=1S/C13H21N5O2/c1-4-5-14-6-10-9(2)16-17(3)13(10)18-7-11(19)15-12(20)8-18/h14H,4-8H2,1-3H3,(H,15,19,20). The maximum atomic E-state index is 11.5. The second-order valence-electron chi connectivity index (χ2n) is 5.02. The number of carbonyl (C=O) groups is 2. The van der Waals surface area contributed by atoms with Crippen molar-refractivity contribution in [2.45, 2.75) is 26.8 Å². The first-order chi connectivity index (χ1) is 9.52. The molecule has 2 amide bonds. The number of nitrogens with one attached hydrogen (secondary N) is 2. The Morgan fingerprint density at radius 1 is 1.30 bits per heavy atom. The largest absolute Gasteiger partial charge is 0.338 e. The van der Waals surface area contributed by atoms with Gasteiger partial charge in [0.05, 0.1) is 18.8 Å². The molecule has 20 heavy (non-hydrogen) atoms. The fourth-order valence-corrected chi connectivity index (χ4v) is 2.47. The number of anilines is 1. The minimum Gasteiger partial charge on any atom is -0.338 e. The number of hydrogen-bond donors (Lipinski definition) is 2. The highest BCUT2D eigenvalue weighted by atomic mass is 16.2. The van der Waals surface area contributed by atoms with E-state index >= 15 is 0 Å². The third-order valence-electron chi connectivity index (χ3n) is 3.29. The lowest BCUT2D eigenvalue weighted by Gasteiger charge is -2.28. The molecule has 0 saturated carbocycles. The number of nitrogens with zero attached hydrogens (tertiary/aromatic N) is 3.